The summed E-state index contributed by atoms with van der Waals surface area (Å²) in [4.78, 5) is 13.3. The number of benzene rings is 2. The van der Waals surface area contributed by atoms with Crippen molar-refractivity contribution in [2.45, 2.75) is 20.8 Å². The van der Waals surface area contributed by atoms with E-state index < -0.39 is 17.0 Å². The normalized spacial score (nSPS) is 11.6. The van der Waals surface area contributed by atoms with E-state index in [1.165, 1.54) is 10.8 Å². The van der Waals surface area contributed by atoms with Crippen LogP contribution in [0.4, 0.5) is 0 Å². The van der Waals surface area contributed by atoms with Crippen molar-refractivity contribution in [2.75, 3.05) is 0 Å². The molecule has 4 rings (SSSR count). The molecule has 0 amide bonds. The summed E-state index contributed by atoms with van der Waals surface area (Å²) in [7, 11) is 0. The average molecular weight is 437 g/mol. The van der Waals surface area contributed by atoms with Gasteiger partial charge in [0.25, 0.3) is 0 Å². The van der Waals surface area contributed by atoms with E-state index in [2.05, 4.69) is 5.16 Å². The lowest BCUT2D eigenvalue weighted by Crippen LogP contribution is -2.20. The summed E-state index contributed by atoms with van der Waals surface area (Å²) in [6.07, 6.45) is 1.49. The lowest BCUT2D eigenvalue weighted by molar-refractivity contribution is 0.0856. The predicted octanol–water partition coefficient (Wildman–Crippen LogP) is 6.09. The second-order valence-electron chi connectivity index (χ2n) is 8.22. The molecular formula is C24H21ClN2O4. The van der Waals surface area contributed by atoms with Crippen LogP contribution in [0.15, 0.2) is 65.4 Å². The number of rotatable bonds is 4. The van der Waals surface area contributed by atoms with Crippen LogP contribution >= 0.6 is 11.6 Å². The first-order valence-electron chi connectivity index (χ1n) is 9.67. The van der Waals surface area contributed by atoms with Gasteiger partial charge in [-0.15, -0.1) is 0 Å². The molecule has 6 nitrogen and oxygen atoms in total. The summed E-state index contributed by atoms with van der Waals surface area (Å²) in [5.41, 5.74) is 2.12. The van der Waals surface area contributed by atoms with Gasteiger partial charge in [-0.25, -0.2) is 0 Å². The summed E-state index contributed by atoms with van der Waals surface area (Å²) < 4.78 is 6.32. The van der Waals surface area contributed by atoms with Crippen LogP contribution in [0, 0.1) is 5.41 Å². The molecule has 0 saturated carbocycles. The second-order valence-corrected chi connectivity index (χ2v) is 8.63. The van der Waals surface area contributed by atoms with Gasteiger partial charge in [-0.1, -0.05) is 67.9 Å². The molecule has 0 aliphatic carbocycles. The number of ketones is 1. The maximum Gasteiger partial charge on any atom is 0.240 e. The van der Waals surface area contributed by atoms with Gasteiger partial charge in [0.15, 0.2) is 11.5 Å². The van der Waals surface area contributed by atoms with Crippen LogP contribution < -0.4 is 0 Å². The number of hydrogen-bond acceptors (Lipinski definition) is 5. The fourth-order valence-electron chi connectivity index (χ4n) is 3.44. The van der Waals surface area contributed by atoms with Crippen molar-refractivity contribution in [1.29, 1.82) is 0 Å². The molecule has 31 heavy (non-hydrogen) atoms. The van der Waals surface area contributed by atoms with Gasteiger partial charge in [-0.2, -0.15) is 0 Å². The first kappa shape index (κ1) is 20.8. The molecule has 0 unspecified atom stereocenters. The molecule has 158 valence electrons. The largest absolute Gasteiger partial charge is 0.503 e. The molecule has 0 saturated heterocycles. The quantitative estimate of drug-likeness (QED) is 0.378. The Bertz CT molecular complexity index is 1250. The fourth-order valence-corrected chi connectivity index (χ4v) is 3.67. The van der Waals surface area contributed by atoms with Gasteiger partial charge in [0.05, 0.1) is 11.3 Å². The van der Waals surface area contributed by atoms with Crippen LogP contribution in [0.5, 0.6) is 11.6 Å². The SMILES string of the molecule is CC(C)(C)C(=O)c1c(O)c(O)n(-c2ccc(-c3ccon3)cc2)c1-c1ccccc1Cl. The number of carbonyl (C=O) groups excluding carboxylic acids is 1. The summed E-state index contributed by atoms with van der Waals surface area (Å²) in [5, 5.41) is 26.0. The number of nitrogens with zero attached hydrogens (tertiary/aromatic N) is 2. The zero-order chi connectivity index (χ0) is 22.3. The summed E-state index contributed by atoms with van der Waals surface area (Å²) in [6.45, 7) is 5.27. The number of carbonyl (C=O) groups is 1. The van der Waals surface area contributed by atoms with Crippen LogP contribution in [0.25, 0.3) is 28.2 Å². The zero-order valence-electron chi connectivity index (χ0n) is 17.3. The number of Topliss-reactive ketones (excluding diaryl/α,β-unsaturated/α-hetero) is 1. The number of halogens is 1. The minimum atomic E-state index is -0.789. The predicted molar refractivity (Wildman–Crippen MR) is 119 cm³/mol. The van der Waals surface area contributed by atoms with Crippen LogP contribution in [0.2, 0.25) is 5.02 Å². The molecule has 0 aliphatic rings. The maximum atomic E-state index is 13.3. The molecule has 0 radical (unpaired) electrons. The van der Waals surface area contributed by atoms with Gasteiger partial charge in [0.2, 0.25) is 5.88 Å². The standard InChI is InChI=1S/C24H21ClN2O4/c1-24(2,3)22(29)19-20(16-6-4-5-7-17(16)25)27(23(30)21(19)28)15-10-8-14(9-11-15)18-12-13-31-26-18/h4-13,28,30H,1-3H3. The third-order valence-corrected chi connectivity index (χ3v) is 5.35. The Labute approximate surface area is 184 Å². The van der Waals surface area contributed by atoms with Gasteiger partial charge in [0, 0.05) is 33.3 Å². The monoisotopic (exact) mass is 436 g/mol. The van der Waals surface area contributed by atoms with Crippen LogP contribution in [-0.4, -0.2) is 25.7 Å². The number of aromatic hydroxyl groups is 2. The van der Waals surface area contributed by atoms with Gasteiger partial charge < -0.3 is 14.7 Å². The van der Waals surface area contributed by atoms with Gasteiger partial charge >= 0.3 is 0 Å². The van der Waals surface area contributed by atoms with Gasteiger partial charge in [0.1, 0.15) is 12.0 Å². The molecule has 2 heterocycles. The average Bonchev–Trinajstić information content (AvgIpc) is 3.35. The Hall–Kier alpha value is -3.51. The molecule has 2 aromatic heterocycles. The van der Waals surface area contributed by atoms with Crippen LogP contribution in [0.1, 0.15) is 31.1 Å². The lowest BCUT2D eigenvalue weighted by atomic mass is 9.85. The number of hydrogen-bond donors (Lipinski definition) is 2. The number of aromatic nitrogens is 2. The van der Waals surface area contributed by atoms with Crippen molar-refractivity contribution in [2.24, 2.45) is 5.41 Å². The Balaban J connectivity index is 1.98. The topological polar surface area (TPSA) is 88.5 Å². The molecule has 0 bridgehead atoms. The minimum absolute atomic E-state index is 0.0266. The smallest absolute Gasteiger partial charge is 0.240 e. The van der Waals surface area contributed by atoms with Crippen molar-refractivity contribution < 1.29 is 19.5 Å². The highest BCUT2D eigenvalue weighted by atomic mass is 35.5. The third-order valence-electron chi connectivity index (χ3n) is 5.02. The van der Waals surface area contributed by atoms with E-state index in [-0.39, 0.29) is 11.3 Å². The van der Waals surface area contributed by atoms with E-state index in [1.54, 1.807) is 63.2 Å². The molecule has 2 N–H and O–H groups in total. The minimum Gasteiger partial charge on any atom is -0.503 e. The third kappa shape index (κ3) is 3.59. The van der Waals surface area contributed by atoms with Crippen LogP contribution in [-0.2, 0) is 0 Å². The zero-order valence-corrected chi connectivity index (χ0v) is 18.0. The highest BCUT2D eigenvalue weighted by molar-refractivity contribution is 6.33. The molecule has 0 aliphatic heterocycles. The van der Waals surface area contributed by atoms with Crippen molar-refractivity contribution in [3.63, 3.8) is 0 Å². The van der Waals surface area contributed by atoms with Gasteiger partial charge in [-0.05, 0) is 18.2 Å². The lowest BCUT2D eigenvalue weighted by Gasteiger charge is -2.18. The molecule has 0 fully saturated rings. The van der Waals surface area contributed by atoms with E-state index in [4.69, 9.17) is 16.1 Å². The summed E-state index contributed by atoms with van der Waals surface area (Å²) >= 11 is 6.46. The summed E-state index contributed by atoms with van der Waals surface area (Å²) in [6, 6.07) is 15.9. The fraction of sp³-hybridized carbons (Fsp3) is 0.167. The maximum absolute atomic E-state index is 13.3. The van der Waals surface area contributed by atoms with Crippen LogP contribution in [0.3, 0.4) is 0 Å². The van der Waals surface area contributed by atoms with Crippen molar-refractivity contribution in [1.82, 2.24) is 9.72 Å². The first-order chi connectivity index (χ1) is 14.7. The Morgan fingerprint density at radius 3 is 2.29 bits per heavy atom. The highest BCUT2D eigenvalue weighted by Crippen LogP contribution is 2.46. The van der Waals surface area contributed by atoms with E-state index in [9.17, 15) is 15.0 Å². The molecule has 0 atom stereocenters. The van der Waals surface area contributed by atoms with Crippen molar-refractivity contribution >= 4 is 17.4 Å². The second kappa shape index (κ2) is 7.63. The summed E-state index contributed by atoms with van der Waals surface area (Å²) in [5.74, 6) is -1.22. The van der Waals surface area contributed by atoms with E-state index in [0.717, 1.165) is 5.56 Å². The van der Waals surface area contributed by atoms with Gasteiger partial charge in [-0.3, -0.25) is 9.36 Å². The molecule has 7 heteroatoms. The molecule has 0 spiro atoms. The Morgan fingerprint density at radius 1 is 1.03 bits per heavy atom. The van der Waals surface area contributed by atoms with E-state index in [1.807, 2.05) is 12.1 Å². The molecule has 2 aromatic carbocycles. The van der Waals surface area contributed by atoms with E-state index >= 15 is 0 Å². The highest BCUT2D eigenvalue weighted by Gasteiger charge is 2.35. The Kier molecular flexibility index (Phi) is 5.11. The first-order valence-corrected chi connectivity index (χ1v) is 10.1. The van der Waals surface area contributed by atoms with E-state index in [0.29, 0.717) is 27.7 Å². The van der Waals surface area contributed by atoms with Crippen molar-refractivity contribution in [3.05, 3.63) is 71.4 Å². The molecular weight excluding hydrogens is 416 g/mol. The van der Waals surface area contributed by atoms with Crippen molar-refractivity contribution in [3.8, 4) is 39.8 Å². The molecule has 4 aromatic rings. The Morgan fingerprint density at radius 2 is 1.71 bits per heavy atom.